The van der Waals surface area contributed by atoms with Crippen LogP contribution in [0.25, 0.3) is 0 Å². The molecule has 2 aromatic rings. The second-order valence-corrected chi connectivity index (χ2v) is 11.2. The molecule has 7 rings (SSSR count). The van der Waals surface area contributed by atoms with Crippen LogP contribution in [0.1, 0.15) is 48.8 Å². The third kappa shape index (κ3) is 2.65. The van der Waals surface area contributed by atoms with Gasteiger partial charge in [0.25, 0.3) is 0 Å². The number of piperidine rings is 1. The molecule has 174 valence electrons. The predicted octanol–water partition coefficient (Wildman–Crippen LogP) is 4.77. The minimum Gasteiger partial charge on any atom is -0.493 e. The number of likely N-dealkylation sites (N-methyl/N-ethyl adjacent to an activating group) is 1. The average molecular weight is 446 g/mol. The van der Waals surface area contributed by atoms with Crippen molar-refractivity contribution in [2.45, 2.75) is 68.1 Å². The Hall–Kier alpha value is -2.04. The van der Waals surface area contributed by atoms with E-state index < -0.39 is 0 Å². The smallest absolute Gasteiger partial charge is 0.165 e. The first-order valence-electron chi connectivity index (χ1n) is 12.9. The molecule has 2 aliphatic carbocycles. The molecule has 0 radical (unpaired) electrons. The zero-order valence-corrected chi connectivity index (χ0v) is 19.9. The van der Waals surface area contributed by atoms with Gasteiger partial charge in [-0.2, -0.15) is 0 Å². The van der Waals surface area contributed by atoms with Gasteiger partial charge in [0.05, 0.1) is 19.3 Å². The van der Waals surface area contributed by atoms with E-state index in [0.717, 1.165) is 43.9 Å². The van der Waals surface area contributed by atoms with Crippen molar-refractivity contribution >= 4 is 0 Å². The summed E-state index contributed by atoms with van der Waals surface area (Å²) in [6.45, 7) is 2.01. The first-order chi connectivity index (χ1) is 16.2. The quantitative estimate of drug-likeness (QED) is 0.599. The van der Waals surface area contributed by atoms with Crippen LogP contribution in [0, 0.1) is 11.8 Å². The zero-order chi connectivity index (χ0) is 22.2. The van der Waals surface area contributed by atoms with Gasteiger partial charge in [-0.3, -0.25) is 0 Å². The maximum absolute atomic E-state index is 6.95. The number of hydrogen-bond acceptors (Lipinski definition) is 4. The topological polar surface area (TPSA) is 30.9 Å². The van der Waals surface area contributed by atoms with Gasteiger partial charge in [0.1, 0.15) is 6.10 Å². The summed E-state index contributed by atoms with van der Waals surface area (Å²) in [6, 6.07) is 15.9. The summed E-state index contributed by atoms with van der Waals surface area (Å²) in [5.41, 5.74) is 4.60. The van der Waals surface area contributed by atoms with Crippen LogP contribution in [0.15, 0.2) is 42.5 Å². The number of rotatable bonds is 6. The molecule has 1 spiro atoms. The maximum Gasteiger partial charge on any atom is 0.165 e. The van der Waals surface area contributed by atoms with Crippen LogP contribution in [0.3, 0.4) is 0 Å². The molecular formula is C29H35NO3. The lowest BCUT2D eigenvalue weighted by atomic mass is 9.45. The highest BCUT2D eigenvalue weighted by Gasteiger charge is 2.72. The van der Waals surface area contributed by atoms with Gasteiger partial charge in [-0.25, -0.2) is 0 Å². The van der Waals surface area contributed by atoms with Crippen LogP contribution in [0.2, 0.25) is 0 Å². The molecule has 2 saturated heterocycles. The molecule has 6 atom stereocenters. The molecule has 3 heterocycles. The van der Waals surface area contributed by atoms with Gasteiger partial charge in [-0.1, -0.05) is 42.8 Å². The highest BCUT2D eigenvalue weighted by Crippen LogP contribution is 2.69. The van der Waals surface area contributed by atoms with Crippen molar-refractivity contribution < 1.29 is 14.2 Å². The lowest BCUT2D eigenvalue weighted by Crippen LogP contribution is -2.75. The summed E-state index contributed by atoms with van der Waals surface area (Å²) in [5.74, 6) is 3.08. The van der Waals surface area contributed by atoms with E-state index in [2.05, 4.69) is 54.4 Å². The van der Waals surface area contributed by atoms with Crippen LogP contribution >= 0.6 is 0 Å². The van der Waals surface area contributed by atoms with Gasteiger partial charge >= 0.3 is 0 Å². The number of benzene rings is 2. The van der Waals surface area contributed by atoms with Crippen molar-refractivity contribution in [3.05, 3.63) is 59.2 Å². The summed E-state index contributed by atoms with van der Waals surface area (Å²) in [4.78, 5) is 2.63. The lowest BCUT2D eigenvalue weighted by molar-refractivity contribution is -0.286. The number of ether oxygens (including phenoxy) is 3. The van der Waals surface area contributed by atoms with Crippen molar-refractivity contribution in [2.75, 3.05) is 27.3 Å². The minimum absolute atomic E-state index is 0.00126. The van der Waals surface area contributed by atoms with E-state index in [0.29, 0.717) is 17.9 Å². The van der Waals surface area contributed by atoms with Crippen molar-refractivity contribution in [2.24, 2.45) is 11.8 Å². The van der Waals surface area contributed by atoms with Gasteiger partial charge in [0.15, 0.2) is 11.5 Å². The van der Waals surface area contributed by atoms with Crippen molar-refractivity contribution in [1.82, 2.24) is 4.90 Å². The third-order valence-corrected chi connectivity index (χ3v) is 9.96. The molecule has 2 bridgehead atoms. The number of methoxy groups -OCH3 is 1. The summed E-state index contributed by atoms with van der Waals surface area (Å²) in [6.07, 6.45) is 8.52. The zero-order valence-electron chi connectivity index (χ0n) is 19.9. The number of aryl methyl sites for hydroxylation is 1. The van der Waals surface area contributed by atoms with Gasteiger partial charge < -0.3 is 19.1 Å². The van der Waals surface area contributed by atoms with Gasteiger partial charge in [0, 0.05) is 22.9 Å². The molecule has 4 nitrogen and oxygen atoms in total. The molecule has 0 unspecified atom stereocenters. The highest BCUT2D eigenvalue weighted by molar-refractivity contribution is 5.61. The third-order valence-electron chi connectivity index (χ3n) is 9.96. The molecule has 1 saturated carbocycles. The summed E-state index contributed by atoms with van der Waals surface area (Å²) in [7, 11) is 4.11. The van der Waals surface area contributed by atoms with Crippen LogP contribution in [-0.2, 0) is 23.0 Å². The summed E-state index contributed by atoms with van der Waals surface area (Å²) < 4.78 is 19.3. The van der Waals surface area contributed by atoms with Crippen molar-refractivity contribution in [3.63, 3.8) is 0 Å². The Bertz CT molecular complexity index is 1070. The predicted molar refractivity (Wildman–Crippen MR) is 128 cm³/mol. The maximum atomic E-state index is 6.95. The first-order valence-corrected chi connectivity index (χ1v) is 12.9. The van der Waals surface area contributed by atoms with Crippen LogP contribution in [0.5, 0.6) is 11.5 Å². The Morgan fingerprint density at radius 2 is 1.97 bits per heavy atom. The van der Waals surface area contributed by atoms with Crippen LogP contribution < -0.4 is 9.47 Å². The molecular weight excluding hydrogens is 410 g/mol. The van der Waals surface area contributed by atoms with Crippen molar-refractivity contribution in [3.8, 4) is 11.5 Å². The van der Waals surface area contributed by atoms with Gasteiger partial charge in [-0.15, -0.1) is 0 Å². The summed E-state index contributed by atoms with van der Waals surface area (Å²) >= 11 is 0. The molecule has 0 aromatic heterocycles. The first kappa shape index (κ1) is 20.3. The molecule has 3 fully saturated rings. The Morgan fingerprint density at radius 1 is 1.09 bits per heavy atom. The SMILES string of the molecule is COc1ccc2c3c1O[C@H]1[C@@H]4CO[C@]4(CCCCc4ccccc4)C[C@H]4[C@@H](C2)N(C)CC[C@@]341. The summed E-state index contributed by atoms with van der Waals surface area (Å²) in [5, 5.41) is 0. The molecule has 0 amide bonds. The molecule has 0 N–H and O–H groups in total. The lowest BCUT2D eigenvalue weighted by Gasteiger charge is -2.67. The van der Waals surface area contributed by atoms with E-state index in [9.17, 15) is 0 Å². The highest BCUT2D eigenvalue weighted by atomic mass is 16.6. The Morgan fingerprint density at radius 3 is 2.76 bits per heavy atom. The normalized spacial score (nSPS) is 37.5. The van der Waals surface area contributed by atoms with Gasteiger partial charge in [-0.05, 0) is 75.2 Å². The Kier molecular flexibility index (Phi) is 4.46. The van der Waals surface area contributed by atoms with E-state index in [1.54, 1.807) is 7.11 Å². The van der Waals surface area contributed by atoms with E-state index >= 15 is 0 Å². The fourth-order valence-electron chi connectivity index (χ4n) is 8.37. The second kappa shape index (κ2) is 7.23. The largest absolute Gasteiger partial charge is 0.493 e. The van der Waals surface area contributed by atoms with Crippen LogP contribution in [-0.4, -0.2) is 50.0 Å². The number of unbranched alkanes of at least 4 members (excludes halogenated alkanes) is 1. The molecule has 4 heteroatoms. The number of nitrogens with zero attached hydrogens (tertiary/aromatic N) is 1. The molecule has 33 heavy (non-hydrogen) atoms. The Balaban J connectivity index is 1.20. The van der Waals surface area contributed by atoms with E-state index in [4.69, 9.17) is 14.2 Å². The fraction of sp³-hybridized carbons (Fsp3) is 0.586. The number of fused-ring (bicyclic) bond motifs is 2. The fourth-order valence-corrected chi connectivity index (χ4v) is 8.37. The molecule has 2 aromatic carbocycles. The average Bonchev–Trinajstić information content (AvgIpc) is 3.15. The molecule has 3 aliphatic heterocycles. The number of hydrogen-bond donors (Lipinski definition) is 0. The van der Waals surface area contributed by atoms with Crippen LogP contribution in [0.4, 0.5) is 0 Å². The van der Waals surface area contributed by atoms with Crippen molar-refractivity contribution in [1.29, 1.82) is 0 Å². The Labute approximate surface area is 197 Å². The second-order valence-electron chi connectivity index (χ2n) is 11.2. The van der Waals surface area contributed by atoms with E-state index in [1.165, 1.54) is 42.4 Å². The van der Waals surface area contributed by atoms with Gasteiger partial charge in [0.2, 0.25) is 0 Å². The number of likely N-dealkylation sites (tertiary alicyclic amines) is 1. The van der Waals surface area contributed by atoms with E-state index in [1.807, 2.05) is 0 Å². The minimum atomic E-state index is -0.00126. The molecule has 5 aliphatic rings. The monoisotopic (exact) mass is 445 g/mol. The standard InChI is InChI=1S/C29H35NO3/c1-30-15-14-29-21-17-28(13-7-6-10-19-8-4-3-5-9-19)22(18-32-28)27(29)33-26-24(31-2)12-11-20(25(26)29)16-23(21)30/h3-5,8-9,11-12,21-23,27H,6-7,10,13-18H2,1-2H3/t21-,22-,23+,27-,28+,29-/m0/s1. The van der Waals surface area contributed by atoms with E-state index in [-0.39, 0.29) is 17.1 Å².